The first-order chi connectivity index (χ1) is 8.56. The Bertz CT molecular complexity index is 338. The molecule has 1 aliphatic heterocycles. The topological polar surface area (TPSA) is 75.4 Å². The SMILES string of the molecule is CC(CN1CCCC1=O)NC(=O)C1CCC(N)C1.Cl. The predicted molar refractivity (Wildman–Crippen MR) is 76.0 cm³/mol. The number of carbonyl (C=O) groups excluding carboxylic acids is 2. The van der Waals surface area contributed by atoms with Gasteiger partial charge in [-0.25, -0.2) is 0 Å². The van der Waals surface area contributed by atoms with E-state index in [1.54, 1.807) is 0 Å². The summed E-state index contributed by atoms with van der Waals surface area (Å²) in [4.78, 5) is 25.3. The molecule has 19 heavy (non-hydrogen) atoms. The highest BCUT2D eigenvalue weighted by atomic mass is 35.5. The summed E-state index contributed by atoms with van der Waals surface area (Å²) in [5.74, 6) is 0.373. The molecular weight excluding hydrogens is 266 g/mol. The van der Waals surface area contributed by atoms with Gasteiger partial charge in [0.15, 0.2) is 0 Å². The molecule has 3 unspecified atom stereocenters. The van der Waals surface area contributed by atoms with Gasteiger partial charge in [0.25, 0.3) is 0 Å². The van der Waals surface area contributed by atoms with Crippen molar-refractivity contribution in [2.24, 2.45) is 11.7 Å². The molecule has 1 heterocycles. The Kier molecular flexibility index (Phi) is 6.07. The maximum absolute atomic E-state index is 12.0. The van der Waals surface area contributed by atoms with Gasteiger partial charge in [0.1, 0.15) is 0 Å². The van der Waals surface area contributed by atoms with Crippen LogP contribution in [0.1, 0.15) is 39.0 Å². The van der Waals surface area contributed by atoms with Gasteiger partial charge < -0.3 is 16.0 Å². The van der Waals surface area contributed by atoms with Crippen LogP contribution in [-0.2, 0) is 9.59 Å². The molecule has 110 valence electrons. The number of hydrogen-bond donors (Lipinski definition) is 2. The lowest BCUT2D eigenvalue weighted by Gasteiger charge is -2.23. The first kappa shape index (κ1) is 16.2. The summed E-state index contributed by atoms with van der Waals surface area (Å²) < 4.78 is 0. The van der Waals surface area contributed by atoms with E-state index in [2.05, 4.69) is 5.32 Å². The number of nitrogens with zero attached hydrogens (tertiary/aromatic N) is 1. The molecule has 2 aliphatic rings. The van der Waals surface area contributed by atoms with E-state index in [4.69, 9.17) is 5.73 Å². The lowest BCUT2D eigenvalue weighted by molar-refractivity contribution is -0.129. The van der Waals surface area contributed by atoms with Gasteiger partial charge >= 0.3 is 0 Å². The van der Waals surface area contributed by atoms with E-state index >= 15 is 0 Å². The zero-order valence-corrected chi connectivity index (χ0v) is 12.2. The number of likely N-dealkylation sites (tertiary alicyclic amines) is 1. The average molecular weight is 290 g/mol. The van der Waals surface area contributed by atoms with Crippen molar-refractivity contribution in [3.05, 3.63) is 0 Å². The number of carbonyl (C=O) groups is 2. The Balaban J connectivity index is 0.00000180. The maximum atomic E-state index is 12.0. The average Bonchev–Trinajstić information content (AvgIpc) is 2.89. The van der Waals surface area contributed by atoms with Crippen molar-refractivity contribution < 1.29 is 9.59 Å². The van der Waals surface area contributed by atoms with Crippen LogP contribution in [0.4, 0.5) is 0 Å². The number of amides is 2. The normalized spacial score (nSPS) is 28.1. The third-order valence-corrected chi connectivity index (χ3v) is 3.90. The predicted octanol–water partition coefficient (Wildman–Crippen LogP) is 0.663. The highest BCUT2D eigenvalue weighted by Gasteiger charge is 2.29. The van der Waals surface area contributed by atoms with Crippen LogP contribution in [-0.4, -0.2) is 41.9 Å². The summed E-state index contributed by atoms with van der Waals surface area (Å²) in [5, 5.41) is 3.00. The van der Waals surface area contributed by atoms with Crippen LogP contribution < -0.4 is 11.1 Å². The second-order valence-corrected chi connectivity index (χ2v) is 5.62. The van der Waals surface area contributed by atoms with Crippen LogP contribution in [0.5, 0.6) is 0 Å². The molecular formula is C13H24ClN3O2. The third-order valence-electron chi connectivity index (χ3n) is 3.90. The van der Waals surface area contributed by atoms with Gasteiger partial charge in [-0.15, -0.1) is 12.4 Å². The van der Waals surface area contributed by atoms with Gasteiger partial charge in [0.05, 0.1) is 0 Å². The highest BCUT2D eigenvalue weighted by molar-refractivity contribution is 5.85. The summed E-state index contributed by atoms with van der Waals surface area (Å²) in [6.07, 6.45) is 4.22. The first-order valence-corrected chi connectivity index (χ1v) is 6.90. The largest absolute Gasteiger partial charge is 0.352 e. The van der Waals surface area contributed by atoms with Gasteiger partial charge in [-0.3, -0.25) is 9.59 Å². The molecule has 2 rings (SSSR count). The van der Waals surface area contributed by atoms with E-state index in [0.717, 1.165) is 32.2 Å². The van der Waals surface area contributed by atoms with E-state index in [1.807, 2.05) is 11.8 Å². The maximum Gasteiger partial charge on any atom is 0.223 e. The fraction of sp³-hybridized carbons (Fsp3) is 0.846. The molecule has 5 nitrogen and oxygen atoms in total. The smallest absolute Gasteiger partial charge is 0.223 e. The minimum absolute atomic E-state index is 0. The standard InChI is InChI=1S/C13H23N3O2.ClH/c1-9(8-16-6-2-3-12(16)17)15-13(18)10-4-5-11(14)7-10;/h9-11H,2-8,14H2,1H3,(H,15,18);1H. The van der Waals surface area contributed by atoms with Crippen LogP contribution in [0.3, 0.4) is 0 Å². The van der Waals surface area contributed by atoms with Crippen molar-refractivity contribution >= 4 is 24.2 Å². The molecule has 2 amide bonds. The van der Waals surface area contributed by atoms with Crippen molar-refractivity contribution in [3.63, 3.8) is 0 Å². The van der Waals surface area contributed by atoms with Gasteiger partial charge in [-0.2, -0.15) is 0 Å². The van der Waals surface area contributed by atoms with Gasteiger partial charge in [0, 0.05) is 37.5 Å². The molecule has 0 spiro atoms. The quantitative estimate of drug-likeness (QED) is 0.798. The molecule has 3 atom stereocenters. The Morgan fingerprint density at radius 2 is 2.26 bits per heavy atom. The monoisotopic (exact) mass is 289 g/mol. The fourth-order valence-electron chi connectivity index (χ4n) is 2.89. The Morgan fingerprint density at radius 1 is 1.53 bits per heavy atom. The Morgan fingerprint density at radius 3 is 2.79 bits per heavy atom. The van der Waals surface area contributed by atoms with E-state index in [-0.39, 0.29) is 42.2 Å². The van der Waals surface area contributed by atoms with Crippen LogP contribution >= 0.6 is 12.4 Å². The summed E-state index contributed by atoms with van der Waals surface area (Å²) in [6, 6.07) is 0.201. The second kappa shape index (κ2) is 7.10. The van der Waals surface area contributed by atoms with Crippen molar-refractivity contribution in [2.45, 2.75) is 51.1 Å². The van der Waals surface area contributed by atoms with Gasteiger partial charge in [-0.1, -0.05) is 0 Å². The number of rotatable bonds is 4. The Hall–Kier alpha value is -0.810. The molecule has 1 saturated heterocycles. The summed E-state index contributed by atoms with van der Waals surface area (Å²) in [7, 11) is 0. The van der Waals surface area contributed by atoms with Crippen molar-refractivity contribution in [2.75, 3.05) is 13.1 Å². The van der Waals surface area contributed by atoms with E-state index in [0.29, 0.717) is 13.0 Å². The summed E-state index contributed by atoms with van der Waals surface area (Å²) in [5.41, 5.74) is 5.81. The lowest BCUT2D eigenvalue weighted by Crippen LogP contribution is -2.44. The zero-order chi connectivity index (χ0) is 13.1. The van der Waals surface area contributed by atoms with Crippen LogP contribution in [0.2, 0.25) is 0 Å². The van der Waals surface area contributed by atoms with Crippen LogP contribution in [0.15, 0.2) is 0 Å². The first-order valence-electron chi connectivity index (χ1n) is 6.90. The zero-order valence-electron chi connectivity index (χ0n) is 11.4. The Labute approximate surface area is 120 Å². The van der Waals surface area contributed by atoms with Gasteiger partial charge in [0.2, 0.25) is 11.8 Å². The number of halogens is 1. The molecule has 2 fully saturated rings. The number of hydrogen-bond acceptors (Lipinski definition) is 3. The molecule has 0 bridgehead atoms. The molecule has 6 heteroatoms. The minimum atomic E-state index is 0. The molecule has 0 radical (unpaired) electrons. The second-order valence-electron chi connectivity index (χ2n) is 5.62. The fourth-order valence-corrected chi connectivity index (χ4v) is 2.89. The lowest BCUT2D eigenvalue weighted by atomic mass is 10.1. The van der Waals surface area contributed by atoms with Crippen molar-refractivity contribution in [1.82, 2.24) is 10.2 Å². The van der Waals surface area contributed by atoms with E-state index in [1.165, 1.54) is 0 Å². The minimum Gasteiger partial charge on any atom is -0.352 e. The number of nitrogens with two attached hydrogens (primary N) is 1. The highest BCUT2D eigenvalue weighted by Crippen LogP contribution is 2.24. The van der Waals surface area contributed by atoms with Crippen LogP contribution in [0.25, 0.3) is 0 Å². The van der Waals surface area contributed by atoms with Crippen LogP contribution in [0, 0.1) is 5.92 Å². The van der Waals surface area contributed by atoms with E-state index < -0.39 is 0 Å². The summed E-state index contributed by atoms with van der Waals surface area (Å²) in [6.45, 7) is 3.41. The van der Waals surface area contributed by atoms with Gasteiger partial charge in [-0.05, 0) is 32.6 Å². The molecule has 1 saturated carbocycles. The molecule has 3 N–H and O–H groups in total. The van der Waals surface area contributed by atoms with E-state index in [9.17, 15) is 9.59 Å². The molecule has 0 aromatic rings. The number of nitrogens with one attached hydrogen (secondary N) is 1. The summed E-state index contributed by atoms with van der Waals surface area (Å²) >= 11 is 0. The molecule has 0 aromatic carbocycles. The van der Waals surface area contributed by atoms with Crippen molar-refractivity contribution in [3.8, 4) is 0 Å². The molecule has 1 aliphatic carbocycles. The third kappa shape index (κ3) is 4.35. The van der Waals surface area contributed by atoms with Crippen molar-refractivity contribution in [1.29, 1.82) is 0 Å². The molecule has 0 aromatic heterocycles.